The Labute approximate surface area is 257 Å². The van der Waals surface area contributed by atoms with E-state index in [-0.39, 0.29) is 0 Å². The van der Waals surface area contributed by atoms with Crippen molar-refractivity contribution in [3.8, 4) is 33.6 Å². The van der Waals surface area contributed by atoms with Crippen LogP contribution in [0.1, 0.15) is 0 Å². The van der Waals surface area contributed by atoms with Gasteiger partial charge in [0.05, 0.1) is 0 Å². The molecule has 0 aliphatic rings. The van der Waals surface area contributed by atoms with Crippen molar-refractivity contribution in [2.45, 2.75) is 0 Å². The van der Waals surface area contributed by atoms with Crippen molar-refractivity contribution in [2.24, 2.45) is 0 Å². The predicted octanol–water partition coefficient (Wildman–Crippen LogP) is 12.1. The lowest BCUT2D eigenvalue weighted by Crippen LogP contribution is -2.09. The second-order valence-corrected chi connectivity index (χ2v) is 11.0. The molecule has 8 rings (SSSR count). The summed E-state index contributed by atoms with van der Waals surface area (Å²) in [5.41, 5.74) is 9.82. The van der Waals surface area contributed by atoms with E-state index in [4.69, 9.17) is 4.42 Å². The van der Waals surface area contributed by atoms with Crippen molar-refractivity contribution in [1.82, 2.24) is 0 Å². The van der Waals surface area contributed by atoms with Crippen molar-refractivity contribution in [3.05, 3.63) is 176 Å². The van der Waals surface area contributed by atoms with E-state index in [1.54, 1.807) is 0 Å². The number of hydrogen-bond acceptors (Lipinski definition) is 2. The molecule has 0 radical (unpaired) electrons. The van der Waals surface area contributed by atoms with E-state index in [9.17, 15) is 0 Å². The maximum absolute atomic E-state index is 6.56. The molecule has 2 heteroatoms. The summed E-state index contributed by atoms with van der Waals surface area (Å²) in [7, 11) is 0. The summed E-state index contributed by atoms with van der Waals surface area (Å²) in [6.45, 7) is 0. The number of hydrogen-bond donors (Lipinski definition) is 0. The Morgan fingerprint density at radius 2 is 0.977 bits per heavy atom. The van der Waals surface area contributed by atoms with Crippen LogP contribution in [0.25, 0.3) is 55.3 Å². The third-order valence-electron chi connectivity index (χ3n) is 8.25. The first-order chi connectivity index (χ1) is 21.8. The average molecular weight is 564 g/mol. The molecule has 0 saturated heterocycles. The molecule has 0 bridgehead atoms. The number of para-hydroxylation sites is 2. The van der Waals surface area contributed by atoms with Crippen LogP contribution in [-0.4, -0.2) is 0 Å². The Bertz CT molecular complexity index is 2210. The van der Waals surface area contributed by atoms with Crippen LogP contribution in [0, 0.1) is 0 Å². The van der Waals surface area contributed by atoms with E-state index < -0.39 is 0 Å². The molecule has 8 aromatic rings. The van der Waals surface area contributed by atoms with E-state index in [1.165, 1.54) is 21.9 Å². The fourth-order valence-electron chi connectivity index (χ4n) is 6.12. The minimum atomic E-state index is 0.874. The van der Waals surface area contributed by atoms with E-state index in [1.807, 2.05) is 12.1 Å². The highest BCUT2D eigenvalue weighted by Crippen LogP contribution is 2.43. The van der Waals surface area contributed by atoms with Gasteiger partial charge in [0.15, 0.2) is 0 Å². The van der Waals surface area contributed by atoms with E-state index in [0.717, 1.165) is 50.5 Å². The molecule has 0 saturated carbocycles. The zero-order valence-electron chi connectivity index (χ0n) is 24.1. The second kappa shape index (κ2) is 11.1. The minimum Gasteiger partial charge on any atom is -0.455 e. The quantitative estimate of drug-likeness (QED) is 0.200. The van der Waals surface area contributed by atoms with Gasteiger partial charge in [0.1, 0.15) is 11.3 Å². The van der Waals surface area contributed by atoms with Crippen LogP contribution < -0.4 is 4.90 Å². The van der Waals surface area contributed by atoms with Crippen LogP contribution in [0.15, 0.2) is 180 Å². The molecule has 1 aromatic heterocycles. The van der Waals surface area contributed by atoms with E-state index in [0.29, 0.717) is 0 Å². The summed E-state index contributed by atoms with van der Waals surface area (Å²) in [6, 6.07) is 62.0. The first-order valence-electron chi connectivity index (χ1n) is 14.9. The van der Waals surface area contributed by atoms with Gasteiger partial charge in [-0.3, -0.25) is 0 Å². The Hall–Kier alpha value is -5.86. The van der Waals surface area contributed by atoms with Crippen LogP contribution >= 0.6 is 0 Å². The fraction of sp³-hybridized carbons (Fsp3) is 0. The molecule has 208 valence electrons. The molecule has 7 aromatic carbocycles. The third kappa shape index (κ3) is 4.73. The summed E-state index contributed by atoms with van der Waals surface area (Å²) in [4.78, 5) is 2.30. The van der Waals surface area contributed by atoms with Crippen molar-refractivity contribution < 1.29 is 4.42 Å². The molecule has 0 atom stereocenters. The van der Waals surface area contributed by atoms with Crippen LogP contribution in [0.3, 0.4) is 0 Å². The SMILES string of the molecule is c1ccc(-c2c(-c3cccc(N(c4ccccc4)c4ccc(-c5ccc6ccccc6c5)cc4)c3)oc3ccccc23)cc1. The first kappa shape index (κ1) is 25.8. The third-order valence-corrected chi connectivity index (χ3v) is 8.25. The molecule has 0 aliphatic heterocycles. The standard InChI is InChI=1S/C42H29NO/c1-3-13-32(14-4-1)41-39-20-9-10-21-40(39)44-42(41)35-16-11-19-38(29-35)43(36-17-5-2-6-18-36)37-26-24-31(25-27-37)34-23-22-30-12-7-8-15-33(30)28-34/h1-29H. The van der Waals surface area contributed by atoms with Crippen molar-refractivity contribution in [2.75, 3.05) is 4.90 Å². The van der Waals surface area contributed by atoms with Crippen molar-refractivity contribution >= 4 is 38.8 Å². The lowest BCUT2D eigenvalue weighted by molar-refractivity contribution is 0.632. The number of benzene rings is 7. The molecular weight excluding hydrogens is 534 g/mol. The number of anilines is 3. The van der Waals surface area contributed by atoms with Crippen molar-refractivity contribution in [1.29, 1.82) is 0 Å². The Morgan fingerprint density at radius 3 is 1.80 bits per heavy atom. The molecule has 0 fully saturated rings. The van der Waals surface area contributed by atoms with E-state index in [2.05, 4.69) is 169 Å². The number of fused-ring (bicyclic) bond motifs is 2. The van der Waals surface area contributed by atoms with Gasteiger partial charge < -0.3 is 9.32 Å². The monoisotopic (exact) mass is 563 g/mol. The van der Waals surface area contributed by atoms with Gasteiger partial charge in [-0.1, -0.05) is 127 Å². The summed E-state index contributed by atoms with van der Waals surface area (Å²) >= 11 is 0. The zero-order chi connectivity index (χ0) is 29.3. The molecule has 0 N–H and O–H groups in total. The normalized spacial score (nSPS) is 11.2. The topological polar surface area (TPSA) is 16.4 Å². The van der Waals surface area contributed by atoms with Gasteiger partial charge in [-0.15, -0.1) is 0 Å². The van der Waals surface area contributed by atoms with Crippen LogP contribution in [0.2, 0.25) is 0 Å². The van der Waals surface area contributed by atoms with Gasteiger partial charge in [0, 0.05) is 33.6 Å². The number of furan rings is 1. The largest absolute Gasteiger partial charge is 0.455 e. The Morgan fingerprint density at radius 1 is 0.364 bits per heavy atom. The second-order valence-electron chi connectivity index (χ2n) is 11.0. The van der Waals surface area contributed by atoms with Gasteiger partial charge in [-0.25, -0.2) is 0 Å². The molecule has 0 unspecified atom stereocenters. The predicted molar refractivity (Wildman–Crippen MR) is 185 cm³/mol. The summed E-state index contributed by atoms with van der Waals surface area (Å²) in [5, 5.41) is 3.61. The fourth-order valence-corrected chi connectivity index (χ4v) is 6.12. The lowest BCUT2D eigenvalue weighted by atomic mass is 9.98. The van der Waals surface area contributed by atoms with Crippen LogP contribution in [-0.2, 0) is 0 Å². The van der Waals surface area contributed by atoms with Crippen LogP contribution in [0.5, 0.6) is 0 Å². The van der Waals surface area contributed by atoms with Gasteiger partial charge >= 0.3 is 0 Å². The highest BCUT2D eigenvalue weighted by atomic mass is 16.3. The van der Waals surface area contributed by atoms with Gasteiger partial charge in [-0.2, -0.15) is 0 Å². The average Bonchev–Trinajstić information content (AvgIpc) is 3.49. The zero-order valence-corrected chi connectivity index (χ0v) is 24.1. The Kier molecular flexibility index (Phi) is 6.51. The maximum Gasteiger partial charge on any atom is 0.143 e. The molecule has 44 heavy (non-hydrogen) atoms. The molecular formula is C42H29NO. The summed E-state index contributed by atoms with van der Waals surface area (Å²) in [6.07, 6.45) is 0. The molecule has 2 nitrogen and oxygen atoms in total. The molecule has 0 spiro atoms. The number of rotatable bonds is 6. The van der Waals surface area contributed by atoms with Crippen molar-refractivity contribution in [3.63, 3.8) is 0 Å². The van der Waals surface area contributed by atoms with Gasteiger partial charge in [0.2, 0.25) is 0 Å². The summed E-state index contributed by atoms with van der Waals surface area (Å²) < 4.78 is 6.56. The van der Waals surface area contributed by atoms with E-state index >= 15 is 0 Å². The molecule has 0 aliphatic carbocycles. The Balaban J connectivity index is 1.23. The lowest BCUT2D eigenvalue weighted by Gasteiger charge is -2.26. The molecule has 0 amide bonds. The van der Waals surface area contributed by atoms with Crippen LogP contribution in [0.4, 0.5) is 17.1 Å². The highest BCUT2D eigenvalue weighted by molar-refractivity contribution is 6.02. The van der Waals surface area contributed by atoms with Gasteiger partial charge in [0.25, 0.3) is 0 Å². The maximum atomic E-state index is 6.56. The summed E-state index contributed by atoms with van der Waals surface area (Å²) in [5.74, 6) is 0.874. The number of nitrogens with zero attached hydrogens (tertiary/aromatic N) is 1. The smallest absolute Gasteiger partial charge is 0.143 e. The minimum absolute atomic E-state index is 0.874. The highest BCUT2D eigenvalue weighted by Gasteiger charge is 2.19. The first-order valence-corrected chi connectivity index (χ1v) is 14.9. The molecule has 1 heterocycles. The van der Waals surface area contributed by atoms with Gasteiger partial charge in [-0.05, 0) is 76.0 Å².